The summed E-state index contributed by atoms with van der Waals surface area (Å²) in [4.78, 5) is 17.2. The Morgan fingerprint density at radius 1 is 1.19 bits per heavy atom. The van der Waals surface area contributed by atoms with Crippen molar-refractivity contribution < 1.29 is 18.0 Å². The summed E-state index contributed by atoms with van der Waals surface area (Å²) < 4.78 is 38.8. The van der Waals surface area contributed by atoms with Gasteiger partial charge in [-0.05, 0) is 24.8 Å². The van der Waals surface area contributed by atoms with Gasteiger partial charge < -0.3 is 0 Å². The molecule has 1 N–H and O–H groups in total. The van der Waals surface area contributed by atoms with Gasteiger partial charge in [0.2, 0.25) is 5.13 Å². The molecule has 142 valence electrons. The van der Waals surface area contributed by atoms with Crippen LogP contribution < -0.4 is 5.32 Å². The van der Waals surface area contributed by atoms with Gasteiger partial charge in [0.05, 0.1) is 11.3 Å². The maximum atomic E-state index is 12.7. The van der Waals surface area contributed by atoms with E-state index in [9.17, 15) is 18.0 Å². The molecule has 0 saturated carbocycles. The van der Waals surface area contributed by atoms with E-state index in [1.165, 1.54) is 35.2 Å². The minimum atomic E-state index is -4.39. The number of carbonyl (C=O) groups is 1. The molecule has 0 fully saturated rings. The first-order valence-electron chi connectivity index (χ1n) is 7.70. The van der Waals surface area contributed by atoms with Crippen molar-refractivity contribution in [2.45, 2.75) is 24.4 Å². The van der Waals surface area contributed by atoms with E-state index < -0.39 is 11.7 Å². The van der Waals surface area contributed by atoms with Crippen LogP contribution in [0.1, 0.15) is 27.9 Å². The van der Waals surface area contributed by atoms with E-state index in [0.29, 0.717) is 26.3 Å². The van der Waals surface area contributed by atoms with Crippen LogP contribution in [-0.4, -0.2) is 26.8 Å². The lowest BCUT2D eigenvalue weighted by atomic mass is 10.1. The van der Waals surface area contributed by atoms with Crippen LogP contribution in [0.5, 0.6) is 0 Å². The number of amides is 1. The summed E-state index contributed by atoms with van der Waals surface area (Å²) in [5.41, 5.74) is 0.294. The predicted molar refractivity (Wildman–Crippen MR) is 102 cm³/mol. The Labute approximate surface area is 165 Å². The molecular weight excluding hydrogens is 417 g/mol. The highest BCUT2D eigenvalue weighted by Crippen LogP contribution is 2.33. The van der Waals surface area contributed by atoms with Crippen molar-refractivity contribution in [1.82, 2.24) is 15.2 Å². The van der Waals surface area contributed by atoms with Crippen LogP contribution in [0.4, 0.5) is 18.3 Å². The molecule has 1 amide bonds. The number of thioether (sulfide) groups is 1. The topological polar surface area (TPSA) is 67.8 Å². The molecule has 2 heterocycles. The molecule has 0 aliphatic carbocycles. The van der Waals surface area contributed by atoms with Crippen LogP contribution in [0.2, 0.25) is 0 Å². The summed E-state index contributed by atoms with van der Waals surface area (Å²) in [5.74, 6) is 0.486. The molecule has 0 aliphatic rings. The number of anilines is 1. The Kier molecular flexibility index (Phi) is 5.82. The van der Waals surface area contributed by atoms with Crippen molar-refractivity contribution in [3.05, 3.63) is 40.4 Å². The van der Waals surface area contributed by atoms with Gasteiger partial charge in [0.1, 0.15) is 9.88 Å². The normalized spacial score (nSPS) is 11.6. The van der Waals surface area contributed by atoms with Gasteiger partial charge in [-0.25, -0.2) is 4.98 Å². The maximum absolute atomic E-state index is 12.7. The SMILES string of the molecule is CCSc1nnc(NC(=O)c2sc(-c3ccc(C(F)(F)F)cc3)nc2C)s1. The molecule has 27 heavy (non-hydrogen) atoms. The minimum absolute atomic E-state index is 0.368. The average molecular weight is 431 g/mol. The number of aromatic nitrogens is 3. The van der Waals surface area contributed by atoms with E-state index in [4.69, 9.17) is 0 Å². The zero-order valence-electron chi connectivity index (χ0n) is 14.1. The first kappa shape index (κ1) is 19.8. The molecule has 0 saturated heterocycles. The number of carbonyl (C=O) groups excluding carboxylic acids is 1. The van der Waals surface area contributed by atoms with E-state index in [1.54, 1.807) is 6.92 Å². The summed E-state index contributed by atoms with van der Waals surface area (Å²) in [6.07, 6.45) is -4.39. The second-order valence-electron chi connectivity index (χ2n) is 5.27. The molecule has 1 aromatic carbocycles. The van der Waals surface area contributed by atoms with Crippen molar-refractivity contribution in [3.63, 3.8) is 0 Å². The Hall–Kier alpha value is -1.98. The lowest BCUT2D eigenvalue weighted by Gasteiger charge is -2.06. The van der Waals surface area contributed by atoms with Crippen LogP contribution >= 0.6 is 34.4 Å². The van der Waals surface area contributed by atoms with Gasteiger partial charge in [-0.3, -0.25) is 10.1 Å². The molecular formula is C16H13F3N4OS3. The highest BCUT2D eigenvalue weighted by Gasteiger charge is 2.30. The van der Waals surface area contributed by atoms with Crippen LogP contribution in [0.15, 0.2) is 28.6 Å². The van der Waals surface area contributed by atoms with Crippen molar-refractivity contribution in [2.75, 3.05) is 11.1 Å². The average Bonchev–Trinajstić information content (AvgIpc) is 3.21. The first-order valence-corrected chi connectivity index (χ1v) is 10.3. The number of nitrogens with zero attached hydrogens (tertiary/aromatic N) is 3. The van der Waals surface area contributed by atoms with E-state index in [-0.39, 0.29) is 5.91 Å². The summed E-state index contributed by atoms with van der Waals surface area (Å²) in [6.45, 7) is 3.67. The third-order valence-corrected chi connectivity index (χ3v) is 6.42. The summed E-state index contributed by atoms with van der Waals surface area (Å²) in [7, 11) is 0. The molecule has 0 aliphatic heterocycles. The molecule has 2 aromatic heterocycles. The molecule has 3 aromatic rings. The largest absolute Gasteiger partial charge is 0.416 e. The molecule has 11 heteroatoms. The van der Waals surface area contributed by atoms with Crippen molar-refractivity contribution >= 4 is 45.5 Å². The second-order valence-corrected chi connectivity index (χ2v) is 8.76. The third kappa shape index (κ3) is 4.66. The minimum Gasteiger partial charge on any atom is -0.296 e. The molecule has 0 bridgehead atoms. The Balaban J connectivity index is 1.78. The van der Waals surface area contributed by atoms with E-state index in [1.807, 2.05) is 6.92 Å². The highest BCUT2D eigenvalue weighted by molar-refractivity contribution is 8.01. The zero-order valence-corrected chi connectivity index (χ0v) is 16.6. The van der Waals surface area contributed by atoms with Crippen LogP contribution in [0.25, 0.3) is 10.6 Å². The van der Waals surface area contributed by atoms with Gasteiger partial charge in [0, 0.05) is 5.56 Å². The lowest BCUT2D eigenvalue weighted by Crippen LogP contribution is -2.11. The number of thiazole rings is 1. The molecule has 3 rings (SSSR count). The summed E-state index contributed by atoms with van der Waals surface area (Å²) >= 11 is 3.93. The van der Waals surface area contributed by atoms with Crippen molar-refractivity contribution in [3.8, 4) is 10.6 Å². The third-order valence-electron chi connectivity index (χ3n) is 3.36. The Bertz CT molecular complexity index is 951. The summed E-state index contributed by atoms with van der Waals surface area (Å²) in [6, 6.07) is 4.70. The number of halogens is 3. The van der Waals surface area contributed by atoms with E-state index in [0.717, 1.165) is 33.6 Å². The van der Waals surface area contributed by atoms with Gasteiger partial charge in [-0.15, -0.1) is 21.5 Å². The molecule has 0 unspecified atom stereocenters. The quantitative estimate of drug-likeness (QED) is 0.436. The number of aryl methyl sites for hydroxylation is 1. The van der Waals surface area contributed by atoms with Crippen LogP contribution in [0.3, 0.4) is 0 Å². The monoisotopic (exact) mass is 430 g/mol. The predicted octanol–water partition coefficient (Wildman–Crippen LogP) is 5.35. The maximum Gasteiger partial charge on any atom is 0.416 e. The molecule has 0 spiro atoms. The molecule has 0 radical (unpaired) electrons. The van der Waals surface area contributed by atoms with Crippen LogP contribution in [0, 0.1) is 6.92 Å². The molecule has 0 atom stereocenters. The van der Waals surface area contributed by atoms with Gasteiger partial charge in [0.25, 0.3) is 5.91 Å². The van der Waals surface area contributed by atoms with E-state index >= 15 is 0 Å². The first-order chi connectivity index (χ1) is 12.8. The van der Waals surface area contributed by atoms with Gasteiger partial charge >= 0.3 is 6.18 Å². The number of alkyl halides is 3. The lowest BCUT2D eigenvalue weighted by molar-refractivity contribution is -0.137. The Morgan fingerprint density at radius 3 is 2.52 bits per heavy atom. The number of nitrogens with one attached hydrogen (secondary N) is 1. The fourth-order valence-electron chi connectivity index (χ4n) is 2.13. The van der Waals surface area contributed by atoms with Gasteiger partial charge in [-0.2, -0.15) is 13.2 Å². The number of benzene rings is 1. The summed E-state index contributed by atoms with van der Waals surface area (Å²) in [5, 5.41) is 11.4. The number of rotatable bonds is 5. The second kappa shape index (κ2) is 7.95. The smallest absolute Gasteiger partial charge is 0.296 e. The van der Waals surface area contributed by atoms with E-state index in [2.05, 4.69) is 20.5 Å². The molecule has 5 nitrogen and oxygen atoms in total. The van der Waals surface area contributed by atoms with Crippen molar-refractivity contribution in [2.24, 2.45) is 0 Å². The standard InChI is InChI=1S/C16H13F3N4OS3/c1-3-25-15-23-22-14(27-15)21-12(24)11-8(2)20-13(26-11)9-4-6-10(7-5-9)16(17,18)19/h4-7H,3H2,1-2H3,(H,21,22,24). The van der Waals surface area contributed by atoms with Gasteiger partial charge in [-0.1, -0.05) is 42.2 Å². The fraction of sp³-hybridized carbons (Fsp3) is 0.250. The highest BCUT2D eigenvalue weighted by atomic mass is 32.2. The number of hydrogen-bond donors (Lipinski definition) is 1. The Morgan fingerprint density at radius 2 is 1.89 bits per heavy atom. The van der Waals surface area contributed by atoms with Gasteiger partial charge in [0.15, 0.2) is 4.34 Å². The zero-order chi connectivity index (χ0) is 19.6. The van der Waals surface area contributed by atoms with Crippen molar-refractivity contribution in [1.29, 1.82) is 0 Å². The van der Waals surface area contributed by atoms with Crippen LogP contribution in [-0.2, 0) is 6.18 Å². The fourth-order valence-corrected chi connectivity index (χ4v) is 4.74. The number of hydrogen-bond acceptors (Lipinski definition) is 7.